The molecule has 0 bridgehead atoms. The third kappa shape index (κ3) is 6.36. The number of ketones is 1. The first-order valence-corrected chi connectivity index (χ1v) is 14.6. The summed E-state index contributed by atoms with van der Waals surface area (Å²) in [4.78, 5) is 25.0. The van der Waals surface area contributed by atoms with Gasteiger partial charge in [-0.05, 0) is 81.7 Å². The molecule has 2 atom stereocenters. The van der Waals surface area contributed by atoms with Gasteiger partial charge in [-0.3, -0.25) is 14.9 Å². The van der Waals surface area contributed by atoms with Gasteiger partial charge in [-0.15, -0.1) is 0 Å². The van der Waals surface area contributed by atoms with Gasteiger partial charge in [0.05, 0.1) is 16.7 Å². The Balaban J connectivity index is 0.000000160. The molecule has 0 radical (unpaired) electrons. The molecule has 0 spiro atoms. The van der Waals surface area contributed by atoms with Crippen molar-refractivity contribution in [3.05, 3.63) is 57.6 Å². The van der Waals surface area contributed by atoms with E-state index < -0.39 is 0 Å². The SMILES string of the molecule is CC(=O)C1CCCCN1N1CCc2ccc([N+](=O)[O-])cc21.Nc1ccc2c(c1)N(CCC1CCCCN1)CC2. The van der Waals surface area contributed by atoms with Crippen molar-refractivity contribution in [3.63, 3.8) is 0 Å². The zero-order chi connectivity index (χ0) is 27.4. The molecule has 4 aliphatic heterocycles. The lowest BCUT2D eigenvalue weighted by molar-refractivity contribution is -0.384. The highest BCUT2D eigenvalue weighted by molar-refractivity contribution is 5.82. The minimum Gasteiger partial charge on any atom is -0.399 e. The normalized spacial score (nSPS) is 22.6. The summed E-state index contributed by atoms with van der Waals surface area (Å²) in [5.41, 5.74) is 11.7. The average molecular weight is 535 g/mol. The Morgan fingerprint density at radius 1 is 1.00 bits per heavy atom. The van der Waals surface area contributed by atoms with E-state index in [1.807, 2.05) is 12.1 Å². The van der Waals surface area contributed by atoms with Crippen molar-refractivity contribution < 1.29 is 9.72 Å². The number of Topliss-reactive ketones (excluding diaryl/α,β-unsaturated/α-hetero) is 1. The van der Waals surface area contributed by atoms with Gasteiger partial charge >= 0.3 is 0 Å². The van der Waals surface area contributed by atoms with Crippen LogP contribution in [0.2, 0.25) is 0 Å². The molecule has 39 heavy (non-hydrogen) atoms. The van der Waals surface area contributed by atoms with Crippen molar-refractivity contribution >= 4 is 28.5 Å². The number of rotatable bonds is 6. The lowest BCUT2D eigenvalue weighted by Gasteiger charge is -2.41. The summed E-state index contributed by atoms with van der Waals surface area (Å²) in [6, 6.07) is 12.0. The van der Waals surface area contributed by atoms with Crippen LogP contribution >= 0.6 is 0 Å². The molecule has 2 aromatic rings. The maximum atomic E-state index is 11.9. The number of carbonyl (C=O) groups excluding carboxylic acids is 1. The Morgan fingerprint density at radius 2 is 1.77 bits per heavy atom. The van der Waals surface area contributed by atoms with E-state index in [2.05, 4.69) is 32.4 Å². The van der Waals surface area contributed by atoms with Crippen LogP contribution in [0.3, 0.4) is 0 Å². The Hall–Kier alpha value is -3.17. The minimum atomic E-state index is -0.366. The zero-order valence-corrected chi connectivity index (χ0v) is 23.1. The summed E-state index contributed by atoms with van der Waals surface area (Å²) in [6.45, 7) is 6.79. The van der Waals surface area contributed by atoms with Gasteiger partial charge in [0.15, 0.2) is 0 Å². The fourth-order valence-electron chi connectivity index (χ4n) is 6.53. The molecule has 4 aliphatic rings. The average Bonchev–Trinajstić information content (AvgIpc) is 3.56. The molecule has 2 aromatic carbocycles. The van der Waals surface area contributed by atoms with Crippen LogP contribution < -0.4 is 21.0 Å². The maximum Gasteiger partial charge on any atom is 0.271 e. The van der Waals surface area contributed by atoms with Crippen molar-refractivity contribution in [1.29, 1.82) is 0 Å². The van der Waals surface area contributed by atoms with Crippen LogP contribution in [0.4, 0.5) is 22.7 Å². The summed E-state index contributed by atoms with van der Waals surface area (Å²) in [5, 5.41) is 18.8. The standard InChI is InChI=1S/C15H19N3O3.C15H23N3/c1-11(19)14-4-2-3-8-16(14)17-9-7-12-5-6-13(18(20)21)10-15(12)17;16-13-5-4-12-6-9-18(15(12)11-13)10-7-14-3-1-2-8-17-14/h5-6,10,14H,2-4,7-9H2,1H3;4-5,11,14,17H,1-3,6-10,16H2. The first-order chi connectivity index (χ1) is 18.9. The van der Waals surface area contributed by atoms with E-state index in [1.165, 1.54) is 49.9 Å². The quantitative estimate of drug-likeness (QED) is 0.317. The van der Waals surface area contributed by atoms with E-state index in [0.717, 1.165) is 74.8 Å². The number of anilines is 3. The van der Waals surface area contributed by atoms with E-state index in [1.54, 1.807) is 19.1 Å². The molecule has 3 N–H and O–H groups in total. The molecule has 9 nitrogen and oxygen atoms in total. The Labute approximate surface area is 231 Å². The molecule has 2 saturated heterocycles. The van der Waals surface area contributed by atoms with Crippen molar-refractivity contribution in [2.45, 2.75) is 76.8 Å². The number of nitrogens with one attached hydrogen (secondary N) is 1. The third-order valence-corrected chi connectivity index (χ3v) is 8.67. The summed E-state index contributed by atoms with van der Waals surface area (Å²) in [5.74, 6) is 0.175. The molecule has 2 unspecified atom stereocenters. The summed E-state index contributed by atoms with van der Waals surface area (Å²) >= 11 is 0. The van der Waals surface area contributed by atoms with Crippen molar-refractivity contribution in [2.24, 2.45) is 0 Å². The number of nitrogen functional groups attached to an aromatic ring is 1. The van der Waals surface area contributed by atoms with Crippen LogP contribution in [-0.4, -0.2) is 60.5 Å². The number of carbonyl (C=O) groups is 1. The number of piperidine rings is 2. The van der Waals surface area contributed by atoms with E-state index in [4.69, 9.17) is 5.73 Å². The Morgan fingerprint density at radius 3 is 2.54 bits per heavy atom. The summed E-state index contributed by atoms with van der Waals surface area (Å²) in [7, 11) is 0. The van der Waals surface area contributed by atoms with Crippen molar-refractivity contribution in [2.75, 3.05) is 48.4 Å². The number of benzene rings is 2. The number of nitro benzene ring substituents is 1. The van der Waals surface area contributed by atoms with Gasteiger partial charge in [-0.25, -0.2) is 5.01 Å². The summed E-state index contributed by atoms with van der Waals surface area (Å²) in [6.07, 6.45) is 10.4. The molecule has 0 aromatic heterocycles. The Bertz CT molecular complexity index is 1180. The second-order valence-electron chi connectivity index (χ2n) is 11.3. The number of hydrazine groups is 1. The highest BCUT2D eigenvalue weighted by Crippen LogP contribution is 2.35. The van der Waals surface area contributed by atoms with Gasteiger partial charge in [-0.1, -0.05) is 25.0 Å². The highest BCUT2D eigenvalue weighted by Gasteiger charge is 2.34. The minimum absolute atomic E-state index is 0.0936. The second kappa shape index (κ2) is 12.3. The lowest BCUT2D eigenvalue weighted by Crippen LogP contribution is -2.53. The number of hydrogen-bond donors (Lipinski definition) is 2. The van der Waals surface area contributed by atoms with Crippen LogP contribution in [-0.2, 0) is 17.6 Å². The first kappa shape index (κ1) is 27.4. The van der Waals surface area contributed by atoms with E-state index in [-0.39, 0.29) is 22.4 Å². The molecular formula is C30H42N6O3. The molecule has 0 aliphatic carbocycles. The number of nitrogens with two attached hydrogens (primary N) is 1. The number of fused-ring (bicyclic) bond motifs is 2. The number of nitrogens with zero attached hydrogens (tertiary/aromatic N) is 4. The fourth-order valence-corrected chi connectivity index (χ4v) is 6.53. The van der Waals surface area contributed by atoms with Gasteiger partial charge in [0.2, 0.25) is 0 Å². The van der Waals surface area contributed by atoms with Crippen LogP contribution in [0.15, 0.2) is 36.4 Å². The zero-order valence-electron chi connectivity index (χ0n) is 23.1. The van der Waals surface area contributed by atoms with Gasteiger partial charge < -0.3 is 21.0 Å². The number of hydrogen-bond acceptors (Lipinski definition) is 8. The molecule has 0 saturated carbocycles. The second-order valence-corrected chi connectivity index (χ2v) is 11.3. The van der Waals surface area contributed by atoms with E-state index in [9.17, 15) is 14.9 Å². The monoisotopic (exact) mass is 534 g/mol. The number of non-ortho nitro benzene ring substituents is 1. The van der Waals surface area contributed by atoms with Crippen LogP contribution in [0.1, 0.15) is 63.0 Å². The first-order valence-electron chi connectivity index (χ1n) is 14.6. The molecule has 4 heterocycles. The van der Waals surface area contributed by atoms with Crippen LogP contribution in [0.25, 0.3) is 0 Å². The van der Waals surface area contributed by atoms with Gasteiger partial charge in [0.25, 0.3) is 5.69 Å². The molecule has 9 heteroatoms. The van der Waals surface area contributed by atoms with E-state index in [0.29, 0.717) is 0 Å². The smallest absolute Gasteiger partial charge is 0.271 e. The molecule has 0 amide bonds. The number of nitro groups is 1. The molecule has 210 valence electrons. The largest absolute Gasteiger partial charge is 0.399 e. The molecular weight excluding hydrogens is 492 g/mol. The Kier molecular flexibility index (Phi) is 8.67. The van der Waals surface area contributed by atoms with Crippen molar-refractivity contribution in [3.8, 4) is 0 Å². The lowest BCUT2D eigenvalue weighted by atomic mass is 10.0. The molecule has 2 fully saturated rings. The van der Waals surface area contributed by atoms with E-state index >= 15 is 0 Å². The molecule has 6 rings (SSSR count). The van der Waals surface area contributed by atoms with Crippen LogP contribution in [0.5, 0.6) is 0 Å². The van der Waals surface area contributed by atoms with Gasteiger partial charge in [-0.2, -0.15) is 0 Å². The predicted octanol–water partition coefficient (Wildman–Crippen LogP) is 4.48. The van der Waals surface area contributed by atoms with Crippen LogP contribution in [0, 0.1) is 10.1 Å². The fraction of sp³-hybridized carbons (Fsp3) is 0.567. The third-order valence-electron chi connectivity index (χ3n) is 8.67. The summed E-state index contributed by atoms with van der Waals surface area (Å²) < 4.78 is 0. The van der Waals surface area contributed by atoms with Crippen molar-refractivity contribution in [1.82, 2.24) is 10.3 Å². The maximum absolute atomic E-state index is 11.9. The van der Waals surface area contributed by atoms with Gasteiger partial charge in [0, 0.05) is 55.7 Å². The van der Waals surface area contributed by atoms with Gasteiger partial charge in [0.1, 0.15) is 5.78 Å². The predicted molar refractivity (Wildman–Crippen MR) is 156 cm³/mol. The highest BCUT2D eigenvalue weighted by atomic mass is 16.6. The topological polar surface area (TPSA) is 108 Å².